The van der Waals surface area contributed by atoms with Crippen molar-refractivity contribution in [2.45, 2.75) is 17.9 Å². The van der Waals surface area contributed by atoms with Gasteiger partial charge >= 0.3 is 0 Å². The highest BCUT2D eigenvalue weighted by Gasteiger charge is 2.22. The van der Waals surface area contributed by atoms with Gasteiger partial charge in [0.25, 0.3) is 0 Å². The van der Waals surface area contributed by atoms with Crippen molar-refractivity contribution < 1.29 is 9.53 Å². The number of aryl methyl sites for hydroxylation is 1. The molecule has 3 rings (SSSR count). The molecule has 1 amide bonds. The summed E-state index contributed by atoms with van der Waals surface area (Å²) in [5.41, 5.74) is 2.19. The number of anilines is 1. The summed E-state index contributed by atoms with van der Waals surface area (Å²) in [6, 6.07) is 11.7. The lowest BCUT2D eigenvalue weighted by molar-refractivity contribution is -0.116. The van der Waals surface area contributed by atoms with Gasteiger partial charge in [-0.05, 0) is 48.7 Å². The third-order valence-electron chi connectivity index (χ3n) is 3.69. The van der Waals surface area contributed by atoms with Crippen molar-refractivity contribution in [3.8, 4) is 5.75 Å². The highest BCUT2D eigenvalue weighted by molar-refractivity contribution is 7.99. The van der Waals surface area contributed by atoms with Crippen LogP contribution < -0.4 is 9.64 Å². The minimum Gasteiger partial charge on any atom is -0.497 e. The number of fused-ring (bicyclic) bond motifs is 1. The lowest BCUT2D eigenvalue weighted by atomic mass is 10.0. The molecule has 1 aromatic carbocycles. The molecule has 0 N–H and O–H groups in total. The minimum atomic E-state index is 0.127. The van der Waals surface area contributed by atoms with E-state index in [9.17, 15) is 4.79 Å². The Labute approximate surface area is 134 Å². The first-order chi connectivity index (χ1) is 10.8. The van der Waals surface area contributed by atoms with E-state index in [0.29, 0.717) is 5.75 Å². The van der Waals surface area contributed by atoms with Crippen LogP contribution >= 0.6 is 11.8 Å². The van der Waals surface area contributed by atoms with Gasteiger partial charge in [0, 0.05) is 18.4 Å². The molecule has 1 aliphatic rings. The van der Waals surface area contributed by atoms with E-state index in [0.717, 1.165) is 35.8 Å². The Bertz CT molecular complexity index is 661. The molecule has 2 heterocycles. The fraction of sp³-hybridized carbons (Fsp3) is 0.294. The SMILES string of the molecule is COc1ccc2c(c1)CCCN2C(=O)CSc1ccccn1. The van der Waals surface area contributed by atoms with Crippen LogP contribution in [-0.4, -0.2) is 30.3 Å². The minimum absolute atomic E-state index is 0.127. The molecule has 0 bridgehead atoms. The second kappa shape index (κ2) is 6.83. The van der Waals surface area contributed by atoms with E-state index in [2.05, 4.69) is 4.98 Å². The molecule has 114 valence electrons. The Morgan fingerprint density at radius 1 is 1.36 bits per heavy atom. The van der Waals surface area contributed by atoms with Crippen LogP contribution in [0.25, 0.3) is 0 Å². The number of nitrogens with zero attached hydrogens (tertiary/aromatic N) is 2. The van der Waals surface area contributed by atoms with Crippen LogP contribution in [0, 0.1) is 0 Å². The average Bonchev–Trinajstić information content (AvgIpc) is 2.59. The number of amides is 1. The molecule has 0 unspecified atom stereocenters. The Morgan fingerprint density at radius 3 is 3.05 bits per heavy atom. The summed E-state index contributed by atoms with van der Waals surface area (Å²) in [5, 5.41) is 0.878. The number of methoxy groups -OCH3 is 1. The van der Waals surface area contributed by atoms with Crippen LogP contribution in [-0.2, 0) is 11.2 Å². The van der Waals surface area contributed by atoms with E-state index >= 15 is 0 Å². The van der Waals surface area contributed by atoms with Crippen molar-refractivity contribution in [3.05, 3.63) is 48.2 Å². The maximum atomic E-state index is 12.5. The highest BCUT2D eigenvalue weighted by atomic mass is 32.2. The molecule has 0 saturated carbocycles. The predicted octanol–water partition coefficient (Wildman–Crippen LogP) is 3.16. The van der Waals surface area contributed by atoms with E-state index in [1.807, 2.05) is 41.3 Å². The van der Waals surface area contributed by atoms with Gasteiger partial charge in [-0.15, -0.1) is 0 Å². The Hall–Kier alpha value is -2.01. The molecule has 0 aliphatic carbocycles. The first-order valence-electron chi connectivity index (χ1n) is 7.29. The molecular weight excluding hydrogens is 296 g/mol. The molecule has 0 radical (unpaired) electrons. The molecule has 1 aromatic heterocycles. The molecule has 1 aliphatic heterocycles. The number of carbonyl (C=O) groups excluding carboxylic acids is 1. The lowest BCUT2D eigenvalue weighted by Gasteiger charge is -2.29. The number of thioether (sulfide) groups is 1. The van der Waals surface area contributed by atoms with Crippen LogP contribution in [0.5, 0.6) is 5.75 Å². The number of benzene rings is 1. The summed E-state index contributed by atoms with van der Waals surface area (Å²) in [7, 11) is 1.66. The van der Waals surface area contributed by atoms with Gasteiger partial charge < -0.3 is 9.64 Å². The summed E-state index contributed by atoms with van der Waals surface area (Å²) in [4.78, 5) is 18.7. The fourth-order valence-corrected chi connectivity index (χ4v) is 3.34. The van der Waals surface area contributed by atoms with Gasteiger partial charge in [-0.3, -0.25) is 4.79 Å². The fourth-order valence-electron chi connectivity index (χ4n) is 2.61. The third-order valence-corrected chi connectivity index (χ3v) is 4.62. The maximum absolute atomic E-state index is 12.5. The number of aromatic nitrogens is 1. The molecule has 2 aromatic rings. The molecule has 0 atom stereocenters. The van der Waals surface area contributed by atoms with Gasteiger partial charge in [0.05, 0.1) is 17.9 Å². The lowest BCUT2D eigenvalue weighted by Crippen LogP contribution is -2.36. The van der Waals surface area contributed by atoms with Gasteiger partial charge in [0.1, 0.15) is 5.75 Å². The monoisotopic (exact) mass is 314 g/mol. The van der Waals surface area contributed by atoms with Crippen LogP contribution in [0.1, 0.15) is 12.0 Å². The normalized spacial score (nSPS) is 13.6. The van der Waals surface area contributed by atoms with E-state index in [1.165, 1.54) is 17.3 Å². The van der Waals surface area contributed by atoms with Crippen LogP contribution in [0.3, 0.4) is 0 Å². The Balaban J connectivity index is 1.72. The van der Waals surface area contributed by atoms with Gasteiger partial charge in [-0.2, -0.15) is 0 Å². The second-order valence-corrected chi connectivity index (χ2v) is 6.10. The van der Waals surface area contributed by atoms with E-state index in [-0.39, 0.29) is 5.91 Å². The van der Waals surface area contributed by atoms with Crippen LogP contribution in [0.4, 0.5) is 5.69 Å². The van der Waals surface area contributed by atoms with Crippen molar-refractivity contribution in [2.24, 2.45) is 0 Å². The molecule has 0 fully saturated rings. The zero-order valence-electron chi connectivity index (χ0n) is 12.5. The first-order valence-corrected chi connectivity index (χ1v) is 8.27. The standard InChI is InChI=1S/C17H18N2O2S/c1-21-14-7-8-15-13(11-14)5-4-10-19(15)17(20)12-22-16-6-2-3-9-18-16/h2-3,6-9,11H,4-5,10,12H2,1H3. The number of carbonyl (C=O) groups is 1. The van der Waals surface area contributed by atoms with Crippen molar-refractivity contribution in [3.63, 3.8) is 0 Å². The number of pyridine rings is 1. The summed E-state index contributed by atoms with van der Waals surface area (Å²) in [5.74, 6) is 1.38. The van der Waals surface area contributed by atoms with Crippen molar-refractivity contribution in [2.75, 3.05) is 24.3 Å². The molecular formula is C17H18N2O2S. The van der Waals surface area contributed by atoms with Gasteiger partial charge in [-0.1, -0.05) is 17.8 Å². The summed E-state index contributed by atoms with van der Waals surface area (Å²) < 4.78 is 5.27. The third kappa shape index (κ3) is 3.25. The second-order valence-electron chi connectivity index (χ2n) is 5.10. The Morgan fingerprint density at radius 2 is 2.27 bits per heavy atom. The molecule has 5 heteroatoms. The van der Waals surface area contributed by atoms with Crippen LogP contribution in [0.15, 0.2) is 47.6 Å². The smallest absolute Gasteiger partial charge is 0.237 e. The zero-order chi connectivity index (χ0) is 15.4. The Kier molecular flexibility index (Phi) is 4.63. The van der Waals surface area contributed by atoms with Gasteiger partial charge in [0.2, 0.25) is 5.91 Å². The van der Waals surface area contributed by atoms with E-state index < -0.39 is 0 Å². The molecule has 4 nitrogen and oxygen atoms in total. The molecule has 22 heavy (non-hydrogen) atoms. The average molecular weight is 314 g/mol. The first kappa shape index (κ1) is 14.9. The summed E-state index contributed by atoms with van der Waals surface area (Å²) in [6.07, 6.45) is 3.72. The maximum Gasteiger partial charge on any atom is 0.237 e. The summed E-state index contributed by atoms with van der Waals surface area (Å²) >= 11 is 1.48. The largest absolute Gasteiger partial charge is 0.497 e. The molecule has 0 saturated heterocycles. The highest BCUT2D eigenvalue weighted by Crippen LogP contribution is 2.31. The number of rotatable bonds is 4. The number of ether oxygens (including phenoxy) is 1. The number of hydrogen-bond acceptors (Lipinski definition) is 4. The predicted molar refractivity (Wildman–Crippen MR) is 88.6 cm³/mol. The number of hydrogen-bond donors (Lipinski definition) is 0. The summed E-state index contributed by atoms with van der Waals surface area (Å²) in [6.45, 7) is 0.779. The quantitative estimate of drug-likeness (QED) is 0.813. The van der Waals surface area contributed by atoms with Gasteiger partial charge in [0.15, 0.2) is 0 Å². The molecule has 0 spiro atoms. The van der Waals surface area contributed by atoms with Gasteiger partial charge in [-0.25, -0.2) is 4.98 Å². The van der Waals surface area contributed by atoms with E-state index in [1.54, 1.807) is 13.3 Å². The van der Waals surface area contributed by atoms with Crippen molar-refractivity contribution >= 4 is 23.4 Å². The van der Waals surface area contributed by atoms with Crippen molar-refractivity contribution in [1.82, 2.24) is 4.98 Å². The van der Waals surface area contributed by atoms with E-state index in [4.69, 9.17) is 4.74 Å². The van der Waals surface area contributed by atoms with Crippen LogP contribution in [0.2, 0.25) is 0 Å². The topological polar surface area (TPSA) is 42.4 Å². The van der Waals surface area contributed by atoms with Crippen molar-refractivity contribution in [1.29, 1.82) is 0 Å². The zero-order valence-corrected chi connectivity index (χ0v) is 13.3.